The zero-order chi connectivity index (χ0) is 20.7. The molecule has 0 spiro atoms. The van der Waals surface area contributed by atoms with Gasteiger partial charge in [-0.2, -0.15) is 0 Å². The van der Waals surface area contributed by atoms with E-state index in [-0.39, 0.29) is 18.4 Å². The molecule has 1 rings (SSSR count). The van der Waals surface area contributed by atoms with E-state index < -0.39 is 46.9 Å². The maximum Gasteiger partial charge on any atom is 0.308 e. The summed E-state index contributed by atoms with van der Waals surface area (Å²) in [7, 11) is 0. The predicted octanol–water partition coefficient (Wildman–Crippen LogP) is 2.58. The van der Waals surface area contributed by atoms with Crippen LogP contribution < -0.4 is 10.6 Å². The van der Waals surface area contributed by atoms with E-state index in [0.717, 1.165) is 18.2 Å². The molecular weight excluding hydrogens is 358 g/mol. The fraction of sp³-hybridized carbons (Fsp3) is 0.526. The molecule has 3 N–H and O–H groups in total. The van der Waals surface area contributed by atoms with Gasteiger partial charge >= 0.3 is 5.97 Å². The van der Waals surface area contributed by atoms with Crippen LogP contribution in [0.2, 0.25) is 0 Å². The van der Waals surface area contributed by atoms with Crippen LogP contribution in [-0.4, -0.2) is 35.5 Å². The number of benzene rings is 1. The molecule has 0 fully saturated rings. The minimum absolute atomic E-state index is 0.0977. The summed E-state index contributed by atoms with van der Waals surface area (Å²) in [5.74, 6) is -5.74. The molecule has 0 aliphatic heterocycles. The van der Waals surface area contributed by atoms with E-state index >= 15 is 0 Å². The monoisotopic (exact) mass is 384 g/mol. The Labute approximate surface area is 157 Å². The average molecular weight is 384 g/mol. The van der Waals surface area contributed by atoms with Crippen LogP contribution in [0.4, 0.5) is 8.78 Å². The minimum atomic E-state index is -1.06. The van der Waals surface area contributed by atoms with Gasteiger partial charge in [0.1, 0.15) is 23.2 Å². The van der Waals surface area contributed by atoms with Crippen LogP contribution in [0, 0.1) is 29.4 Å². The van der Waals surface area contributed by atoms with Gasteiger partial charge < -0.3 is 15.7 Å². The molecule has 0 saturated heterocycles. The average Bonchev–Trinajstić information content (AvgIpc) is 2.55. The molecule has 1 aromatic carbocycles. The zero-order valence-corrected chi connectivity index (χ0v) is 15.9. The number of nitrogens with one attached hydrogen (secondary N) is 2. The zero-order valence-electron chi connectivity index (χ0n) is 15.9. The van der Waals surface area contributed by atoms with Crippen molar-refractivity contribution in [3.8, 4) is 0 Å². The third kappa shape index (κ3) is 6.62. The lowest BCUT2D eigenvalue weighted by atomic mass is 9.96. The molecule has 1 aromatic rings. The van der Waals surface area contributed by atoms with E-state index in [9.17, 15) is 28.3 Å². The first kappa shape index (κ1) is 22.5. The Balaban J connectivity index is 2.84. The molecule has 2 amide bonds. The lowest BCUT2D eigenvalue weighted by molar-refractivity contribution is -0.142. The van der Waals surface area contributed by atoms with Crippen molar-refractivity contribution < 1.29 is 28.3 Å². The molecule has 0 aliphatic rings. The predicted molar refractivity (Wildman–Crippen MR) is 96.0 cm³/mol. The maximum atomic E-state index is 13.8. The Bertz CT molecular complexity index is 672. The van der Waals surface area contributed by atoms with Crippen LogP contribution in [0.5, 0.6) is 0 Å². The van der Waals surface area contributed by atoms with Crippen molar-refractivity contribution in [1.82, 2.24) is 10.6 Å². The fourth-order valence-corrected chi connectivity index (χ4v) is 2.64. The van der Waals surface area contributed by atoms with Crippen LogP contribution in [-0.2, 0) is 9.59 Å². The molecular formula is C19H26F2N2O4. The van der Waals surface area contributed by atoms with Gasteiger partial charge in [-0.25, -0.2) is 8.78 Å². The van der Waals surface area contributed by atoms with Crippen LogP contribution in [0.3, 0.4) is 0 Å². The molecule has 0 heterocycles. The van der Waals surface area contributed by atoms with Crippen molar-refractivity contribution in [2.75, 3.05) is 6.54 Å². The first-order valence-corrected chi connectivity index (χ1v) is 8.80. The number of hydrogen-bond donors (Lipinski definition) is 3. The van der Waals surface area contributed by atoms with Gasteiger partial charge in [0.2, 0.25) is 5.91 Å². The molecule has 0 saturated carbocycles. The van der Waals surface area contributed by atoms with Crippen molar-refractivity contribution >= 4 is 17.8 Å². The molecule has 0 aromatic heterocycles. The molecule has 2 unspecified atom stereocenters. The second-order valence-electron chi connectivity index (χ2n) is 7.20. The molecule has 150 valence electrons. The SMILES string of the molecule is CC(C)CC(CNC(=O)C(NC(=O)c1c(F)cccc1F)C(C)C)C(=O)O. The van der Waals surface area contributed by atoms with E-state index in [2.05, 4.69) is 10.6 Å². The molecule has 27 heavy (non-hydrogen) atoms. The summed E-state index contributed by atoms with van der Waals surface area (Å²) in [5.41, 5.74) is -0.765. The second kappa shape index (κ2) is 9.99. The maximum absolute atomic E-state index is 13.8. The number of rotatable bonds is 9. The summed E-state index contributed by atoms with van der Waals surface area (Å²) >= 11 is 0. The van der Waals surface area contributed by atoms with Crippen LogP contribution in [0.25, 0.3) is 0 Å². The lowest BCUT2D eigenvalue weighted by Crippen LogP contribution is -2.51. The molecule has 8 heteroatoms. The number of carboxylic acid groups (broad SMARTS) is 1. The quantitative estimate of drug-likeness (QED) is 0.610. The molecule has 0 radical (unpaired) electrons. The summed E-state index contributed by atoms with van der Waals surface area (Å²) in [5, 5.41) is 14.1. The minimum Gasteiger partial charge on any atom is -0.481 e. The molecule has 0 aliphatic carbocycles. The second-order valence-corrected chi connectivity index (χ2v) is 7.20. The van der Waals surface area contributed by atoms with Crippen molar-refractivity contribution in [2.24, 2.45) is 17.8 Å². The summed E-state index contributed by atoms with van der Waals surface area (Å²) < 4.78 is 27.5. The van der Waals surface area contributed by atoms with Crippen molar-refractivity contribution in [2.45, 2.75) is 40.2 Å². The largest absolute Gasteiger partial charge is 0.481 e. The van der Waals surface area contributed by atoms with Gasteiger partial charge in [-0.05, 0) is 30.4 Å². The van der Waals surface area contributed by atoms with Crippen molar-refractivity contribution in [3.05, 3.63) is 35.4 Å². The summed E-state index contributed by atoms with van der Waals surface area (Å²) in [6.45, 7) is 6.96. The Kier molecular flexibility index (Phi) is 8.33. The van der Waals surface area contributed by atoms with E-state index in [0.29, 0.717) is 6.42 Å². The number of amides is 2. The van der Waals surface area contributed by atoms with E-state index in [1.54, 1.807) is 13.8 Å². The summed E-state index contributed by atoms with van der Waals surface area (Å²) in [4.78, 5) is 35.9. The summed E-state index contributed by atoms with van der Waals surface area (Å²) in [6.07, 6.45) is 0.384. The van der Waals surface area contributed by atoms with Gasteiger partial charge in [0.25, 0.3) is 5.91 Å². The third-order valence-electron chi connectivity index (χ3n) is 4.05. The number of carboxylic acids is 1. The number of aliphatic carboxylic acids is 1. The van der Waals surface area contributed by atoms with E-state index in [1.165, 1.54) is 0 Å². The van der Waals surface area contributed by atoms with E-state index in [4.69, 9.17) is 0 Å². The van der Waals surface area contributed by atoms with Crippen molar-refractivity contribution in [1.29, 1.82) is 0 Å². The number of carbonyl (C=O) groups excluding carboxylic acids is 2. The topological polar surface area (TPSA) is 95.5 Å². The van der Waals surface area contributed by atoms with Crippen LogP contribution in [0.1, 0.15) is 44.5 Å². The Morgan fingerprint density at radius 1 is 1.07 bits per heavy atom. The highest BCUT2D eigenvalue weighted by Crippen LogP contribution is 2.14. The number of halogens is 2. The van der Waals surface area contributed by atoms with Crippen molar-refractivity contribution in [3.63, 3.8) is 0 Å². The highest BCUT2D eigenvalue weighted by atomic mass is 19.1. The standard InChI is InChI=1S/C19H26F2N2O4/c1-10(2)8-12(19(26)27)9-22-18(25)16(11(3)4)23-17(24)15-13(20)6-5-7-14(15)21/h5-7,10-12,16H,8-9H2,1-4H3,(H,22,25)(H,23,24)(H,26,27). The highest BCUT2D eigenvalue weighted by Gasteiger charge is 2.28. The van der Waals surface area contributed by atoms with Gasteiger partial charge in [-0.1, -0.05) is 33.8 Å². The highest BCUT2D eigenvalue weighted by molar-refractivity contribution is 5.98. The van der Waals surface area contributed by atoms with Gasteiger partial charge in [0.15, 0.2) is 0 Å². The Hall–Kier alpha value is -2.51. The first-order chi connectivity index (χ1) is 12.5. The first-order valence-electron chi connectivity index (χ1n) is 8.80. The fourth-order valence-electron chi connectivity index (χ4n) is 2.64. The Morgan fingerprint density at radius 2 is 1.63 bits per heavy atom. The molecule has 6 nitrogen and oxygen atoms in total. The molecule has 0 bridgehead atoms. The van der Waals surface area contributed by atoms with Crippen LogP contribution >= 0.6 is 0 Å². The summed E-state index contributed by atoms with van der Waals surface area (Å²) in [6, 6.07) is 1.97. The van der Waals surface area contributed by atoms with E-state index in [1.807, 2.05) is 13.8 Å². The third-order valence-corrected chi connectivity index (χ3v) is 4.05. The normalized spacial score (nSPS) is 13.3. The van der Waals surface area contributed by atoms with Gasteiger partial charge in [0, 0.05) is 6.54 Å². The Morgan fingerprint density at radius 3 is 2.07 bits per heavy atom. The number of carbonyl (C=O) groups is 3. The van der Waals surface area contributed by atoms with Gasteiger partial charge in [-0.15, -0.1) is 0 Å². The molecule has 2 atom stereocenters. The van der Waals surface area contributed by atoms with Gasteiger partial charge in [0.05, 0.1) is 5.92 Å². The smallest absolute Gasteiger partial charge is 0.308 e. The number of hydrogen-bond acceptors (Lipinski definition) is 3. The van der Waals surface area contributed by atoms with Gasteiger partial charge in [-0.3, -0.25) is 14.4 Å². The van der Waals surface area contributed by atoms with Crippen LogP contribution in [0.15, 0.2) is 18.2 Å². The lowest BCUT2D eigenvalue weighted by Gasteiger charge is -2.23.